The van der Waals surface area contributed by atoms with Crippen molar-refractivity contribution in [2.75, 3.05) is 11.9 Å². The number of fused-ring (bicyclic) bond motifs is 4. The van der Waals surface area contributed by atoms with Crippen LogP contribution in [0.3, 0.4) is 0 Å². The fraction of sp³-hybridized carbons (Fsp3) is 0.273. The van der Waals surface area contributed by atoms with Gasteiger partial charge in [0.15, 0.2) is 0 Å². The number of hydrogen-bond donors (Lipinski definition) is 2. The SMILES string of the molecule is Cc1c2c3cc(NC(=O)[C@H]4CCCN4)ccc3nc-2n(C)c2ccccc12. The monoisotopic (exact) mass is 358 g/mol. The van der Waals surface area contributed by atoms with Crippen LogP contribution in [-0.4, -0.2) is 28.0 Å². The lowest BCUT2D eigenvalue weighted by Gasteiger charge is -2.15. The Morgan fingerprint density at radius 1 is 1.22 bits per heavy atom. The topological polar surface area (TPSA) is 59.0 Å². The van der Waals surface area contributed by atoms with Crippen molar-refractivity contribution in [1.82, 2.24) is 14.9 Å². The molecular formula is C22H22N4O. The van der Waals surface area contributed by atoms with Crippen LogP contribution < -0.4 is 10.6 Å². The van der Waals surface area contributed by atoms with Crippen molar-refractivity contribution in [3.8, 4) is 11.4 Å². The van der Waals surface area contributed by atoms with Crippen molar-refractivity contribution in [1.29, 1.82) is 0 Å². The summed E-state index contributed by atoms with van der Waals surface area (Å²) in [7, 11) is 2.06. The molecule has 136 valence electrons. The number of aryl methyl sites for hydroxylation is 2. The van der Waals surface area contributed by atoms with Gasteiger partial charge in [-0.3, -0.25) is 4.79 Å². The molecule has 0 radical (unpaired) electrons. The summed E-state index contributed by atoms with van der Waals surface area (Å²) >= 11 is 0. The number of hydrogen-bond acceptors (Lipinski definition) is 3. The van der Waals surface area contributed by atoms with Crippen LogP contribution in [0.1, 0.15) is 18.4 Å². The maximum atomic E-state index is 12.5. The molecule has 0 bridgehead atoms. The van der Waals surface area contributed by atoms with Gasteiger partial charge in [0.2, 0.25) is 5.91 Å². The molecule has 27 heavy (non-hydrogen) atoms. The van der Waals surface area contributed by atoms with Gasteiger partial charge in [-0.25, -0.2) is 4.98 Å². The van der Waals surface area contributed by atoms with E-state index in [1.54, 1.807) is 0 Å². The smallest absolute Gasteiger partial charge is 0.241 e. The molecule has 1 saturated heterocycles. The summed E-state index contributed by atoms with van der Waals surface area (Å²) in [5.41, 5.74) is 5.33. The minimum absolute atomic E-state index is 0.0448. The van der Waals surface area contributed by atoms with Gasteiger partial charge in [-0.05, 0) is 56.1 Å². The third-order valence-electron chi connectivity index (χ3n) is 5.72. The maximum Gasteiger partial charge on any atom is 0.241 e. The Morgan fingerprint density at radius 3 is 2.89 bits per heavy atom. The minimum atomic E-state index is -0.0845. The molecule has 1 amide bonds. The number of pyridine rings is 1. The zero-order valence-corrected chi connectivity index (χ0v) is 15.5. The van der Waals surface area contributed by atoms with E-state index < -0.39 is 0 Å². The number of para-hydroxylation sites is 1. The Kier molecular flexibility index (Phi) is 3.65. The van der Waals surface area contributed by atoms with Gasteiger partial charge < -0.3 is 15.2 Å². The van der Waals surface area contributed by atoms with Crippen molar-refractivity contribution >= 4 is 33.4 Å². The second-order valence-corrected chi connectivity index (χ2v) is 7.38. The van der Waals surface area contributed by atoms with E-state index in [4.69, 9.17) is 4.98 Å². The highest BCUT2D eigenvalue weighted by molar-refractivity contribution is 6.06. The molecule has 0 unspecified atom stereocenters. The number of benzene rings is 2. The summed E-state index contributed by atoms with van der Waals surface area (Å²) in [5, 5.41) is 8.63. The van der Waals surface area contributed by atoms with E-state index in [-0.39, 0.29) is 11.9 Å². The normalized spacial score (nSPS) is 17.2. The van der Waals surface area contributed by atoms with E-state index in [1.807, 2.05) is 12.1 Å². The van der Waals surface area contributed by atoms with Crippen LogP contribution in [0.25, 0.3) is 33.2 Å². The van der Waals surface area contributed by atoms with Gasteiger partial charge >= 0.3 is 0 Å². The van der Waals surface area contributed by atoms with Gasteiger partial charge in [-0.2, -0.15) is 0 Å². The molecule has 5 nitrogen and oxygen atoms in total. The number of amides is 1. The molecule has 2 aromatic rings. The van der Waals surface area contributed by atoms with Gasteiger partial charge in [0, 0.05) is 34.6 Å². The number of anilines is 1. The molecule has 2 N–H and O–H groups in total. The average Bonchev–Trinajstić information content (AvgIpc) is 3.34. The molecule has 5 heteroatoms. The fourth-order valence-electron chi connectivity index (χ4n) is 4.28. The molecular weight excluding hydrogens is 336 g/mol. The number of nitrogens with zero attached hydrogens (tertiary/aromatic N) is 2. The zero-order chi connectivity index (χ0) is 18.5. The maximum absolute atomic E-state index is 12.5. The Hall–Kier alpha value is -2.92. The molecule has 5 rings (SSSR count). The van der Waals surface area contributed by atoms with Crippen LogP contribution in [0.2, 0.25) is 0 Å². The number of aromatic nitrogens is 2. The van der Waals surface area contributed by atoms with Gasteiger partial charge in [0.1, 0.15) is 5.82 Å². The molecule has 0 aromatic heterocycles. The Morgan fingerprint density at radius 2 is 2.07 bits per heavy atom. The average molecular weight is 358 g/mol. The summed E-state index contributed by atoms with van der Waals surface area (Å²) in [5.74, 6) is 1.02. The first-order valence-electron chi connectivity index (χ1n) is 9.45. The van der Waals surface area contributed by atoms with Crippen molar-refractivity contribution in [3.63, 3.8) is 0 Å². The van der Waals surface area contributed by atoms with Crippen molar-refractivity contribution in [3.05, 3.63) is 48.0 Å². The molecule has 1 atom stereocenters. The Bertz CT molecular complexity index is 1150. The highest BCUT2D eigenvalue weighted by Crippen LogP contribution is 2.38. The number of carbonyl (C=O) groups excluding carboxylic acids is 1. The Balaban J connectivity index is 1.65. The third-order valence-corrected chi connectivity index (χ3v) is 5.72. The fourth-order valence-corrected chi connectivity index (χ4v) is 4.28. The van der Waals surface area contributed by atoms with Crippen molar-refractivity contribution in [2.45, 2.75) is 25.8 Å². The first-order valence-corrected chi connectivity index (χ1v) is 9.45. The van der Waals surface area contributed by atoms with Gasteiger partial charge in [0.25, 0.3) is 0 Å². The summed E-state index contributed by atoms with van der Waals surface area (Å²) in [6, 6.07) is 14.3. The number of rotatable bonds is 2. The van der Waals surface area contributed by atoms with Crippen LogP contribution >= 0.6 is 0 Å². The molecule has 3 heterocycles. The highest BCUT2D eigenvalue weighted by Gasteiger charge is 2.23. The predicted octanol–water partition coefficient (Wildman–Crippen LogP) is 3.83. The van der Waals surface area contributed by atoms with E-state index in [9.17, 15) is 4.79 Å². The third kappa shape index (κ3) is 2.50. The van der Waals surface area contributed by atoms with Gasteiger partial charge in [-0.1, -0.05) is 18.2 Å². The summed E-state index contributed by atoms with van der Waals surface area (Å²) < 4.78 is 2.15. The van der Waals surface area contributed by atoms with Gasteiger partial charge in [-0.15, -0.1) is 0 Å². The second kappa shape index (κ2) is 6.06. The van der Waals surface area contributed by atoms with Crippen LogP contribution in [0.4, 0.5) is 5.69 Å². The number of carbonyl (C=O) groups is 1. The van der Waals surface area contributed by atoms with E-state index in [2.05, 4.69) is 59.5 Å². The minimum Gasteiger partial charge on any atom is -0.328 e. The predicted molar refractivity (Wildman–Crippen MR) is 109 cm³/mol. The van der Waals surface area contributed by atoms with Crippen LogP contribution in [0.5, 0.6) is 0 Å². The molecule has 3 aliphatic heterocycles. The second-order valence-electron chi connectivity index (χ2n) is 7.38. The largest absolute Gasteiger partial charge is 0.328 e. The zero-order valence-electron chi connectivity index (χ0n) is 15.5. The lowest BCUT2D eigenvalue weighted by molar-refractivity contribution is -0.117. The van der Waals surface area contributed by atoms with E-state index in [1.165, 1.54) is 16.5 Å². The lowest BCUT2D eigenvalue weighted by atomic mass is 10.00. The molecule has 3 aliphatic rings. The molecule has 1 fully saturated rings. The summed E-state index contributed by atoms with van der Waals surface area (Å²) in [6.45, 7) is 3.07. The number of nitrogens with one attached hydrogen (secondary N) is 2. The summed E-state index contributed by atoms with van der Waals surface area (Å²) in [6.07, 6.45) is 1.95. The quantitative estimate of drug-likeness (QED) is 0.572. The Labute approximate surface area is 157 Å². The first kappa shape index (κ1) is 16.3. The molecule has 0 spiro atoms. The summed E-state index contributed by atoms with van der Waals surface area (Å²) in [4.78, 5) is 17.3. The van der Waals surface area contributed by atoms with Crippen molar-refractivity contribution in [2.24, 2.45) is 7.05 Å². The standard InChI is InChI=1S/C22H22N4O/c1-13-15-6-3-4-8-19(15)26(2)21-20(13)16-12-14(9-10-17(16)25-21)24-22(27)18-7-5-11-23-18/h3-4,6,8-10,12,18,23H,5,7,11H2,1-2H3,(H,24,27)/t18-/m1/s1. The van der Waals surface area contributed by atoms with E-state index in [0.717, 1.165) is 47.4 Å². The van der Waals surface area contributed by atoms with Crippen LogP contribution in [0, 0.1) is 6.92 Å². The van der Waals surface area contributed by atoms with Crippen molar-refractivity contribution < 1.29 is 4.79 Å². The molecule has 0 saturated carbocycles. The van der Waals surface area contributed by atoms with E-state index >= 15 is 0 Å². The van der Waals surface area contributed by atoms with Gasteiger partial charge in [0.05, 0.1) is 11.6 Å². The highest BCUT2D eigenvalue weighted by atomic mass is 16.2. The van der Waals surface area contributed by atoms with Crippen LogP contribution in [-0.2, 0) is 11.8 Å². The molecule has 2 aromatic carbocycles. The van der Waals surface area contributed by atoms with E-state index in [0.29, 0.717) is 0 Å². The molecule has 0 aliphatic carbocycles. The van der Waals surface area contributed by atoms with Crippen LogP contribution in [0.15, 0.2) is 42.5 Å². The lowest BCUT2D eigenvalue weighted by Crippen LogP contribution is -2.35. The first-order chi connectivity index (χ1) is 13.1.